The lowest BCUT2D eigenvalue weighted by Gasteiger charge is -2.08. The van der Waals surface area contributed by atoms with Crippen molar-refractivity contribution in [3.63, 3.8) is 0 Å². The molecule has 1 heterocycles. The third kappa shape index (κ3) is 10.2. The van der Waals surface area contributed by atoms with Crippen molar-refractivity contribution in [1.82, 2.24) is 4.98 Å². The first-order valence-electron chi connectivity index (χ1n) is 12.1. The summed E-state index contributed by atoms with van der Waals surface area (Å²) >= 11 is 0. The Hall–Kier alpha value is -1.87. The Morgan fingerprint density at radius 3 is 2.07 bits per heavy atom. The Morgan fingerprint density at radius 1 is 0.667 bits per heavy atom. The van der Waals surface area contributed by atoms with Gasteiger partial charge in [0.1, 0.15) is 5.75 Å². The minimum absolute atomic E-state index is 0.806. The minimum atomic E-state index is 0.806. The Bertz CT molecular complexity index is 592. The van der Waals surface area contributed by atoms with E-state index in [0.717, 1.165) is 56.1 Å². The van der Waals surface area contributed by atoms with Crippen LogP contribution in [0.2, 0.25) is 0 Å². The zero-order valence-corrected chi connectivity index (χ0v) is 19.2. The SMILES string of the molecule is CCCCCCCCOc1ccc(-c2ccc(CCCOCCCCC)cn2)cc1. The van der Waals surface area contributed by atoms with Crippen molar-refractivity contribution in [2.24, 2.45) is 0 Å². The van der Waals surface area contributed by atoms with Gasteiger partial charge in [-0.25, -0.2) is 0 Å². The van der Waals surface area contributed by atoms with Crippen molar-refractivity contribution in [2.45, 2.75) is 84.5 Å². The standard InChI is InChI=1S/C27H41NO2/c1-3-5-7-8-9-11-22-30-26-17-15-25(16-18-26)27-19-14-24(23-28-27)13-12-21-29-20-10-6-4-2/h14-19,23H,3-13,20-22H2,1-2H3. The number of ether oxygens (including phenoxy) is 2. The van der Waals surface area contributed by atoms with Gasteiger partial charge < -0.3 is 9.47 Å². The smallest absolute Gasteiger partial charge is 0.119 e. The van der Waals surface area contributed by atoms with Gasteiger partial charge in [-0.05, 0) is 61.6 Å². The maximum absolute atomic E-state index is 5.88. The molecule has 0 bridgehead atoms. The highest BCUT2D eigenvalue weighted by Crippen LogP contribution is 2.21. The Morgan fingerprint density at radius 2 is 1.33 bits per heavy atom. The molecule has 0 atom stereocenters. The van der Waals surface area contributed by atoms with Crippen LogP contribution in [0.1, 0.15) is 83.6 Å². The van der Waals surface area contributed by atoms with E-state index in [4.69, 9.17) is 9.47 Å². The quantitative estimate of drug-likeness (QED) is 0.251. The summed E-state index contributed by atoms with van der Waals surface area (Å²) in [5.41, 5.74) is 3.42. The average molecular weight is 412 g/mol. The van der Waals surface area contributed by atoms with E-state index >= 15 is 0 Å². The molecule has 1 aromatic carbocycles. The van der Waals surface area contributed by atoms with Gasteiger partial charge in [0, 0.05) is 25.0 Å². The summed E-state index contributed by atoms with van der Waals surface area (Å²) in [6, 6.07) is 12.6. The monoisotopic (exact) mass is 411 g/mol. The van der Waals surface area contributed by atoms with E-state index in [1.165, 1.54) is 56.9 Å². The van der Waals surface area contributed by atoms with Crippen LogP contribution in [0.5, 0.6) is 5.75 Å². The van der Waals surface area contributed by atoms with Gasteiger partial charge in [-0.15, -0.1) is 0 Å². The highest BCUT2D eigenvalue weighted by molar-refractivity contribution is 5.60. The molecule has 0 amide bonds. The Labute approximate surface area is 184 Å². The van der Waals surface area contributed by atoms with Crippen LogP contribution in [0.25, 0.3) is 11.3 Å². The molecule has 2 aromatic rings. The molecule has 3 heteroatoms. The zero-order chi connectivity index (χ0) is 21.3. The second-order valence-electron chi connectivity index (χ2n) is 8.12. The van der Waals surface area contributed by atoms with E-state index in [1.54, 1.807) is 0 Å². The molecule has 1 aromatic heterocycles. The fourth-order valence-electron chi connectivity index (χ4n) is 3.47. The maximum atomic E-state index is 5.88. The van der Waals surface area contributed by atoms with E-state index < -0.39 is 0 Å². The molecule has 0 aliphatic heterocycles. The van der Waals surface area contributed by atoms with Crippen LogP contribution in [0.15, 0.2) is 42.6 Å². The van der Waals surface area contributed by atoms with Gasteiger partial charge >= 0.3 is 0 Å². The molecule has 0 aliphatic carbocycles. The lowest BCUT2D eigenvalue weighted by Crippen LogP contribution is -1.99. The first-order valence-corrected chi connectivity index (χ1v) is 12.1. The molecule has 0 spiro atoms. The van der Waals surface area contributed by atoms with Gasteiger partial charge in [0.05, 0.1) is 12.3 Å². The number of pyridine rings is 1. The molecule has 3 nitrogen and oxygen atoms in total. The van der Waals surface area contributed by atoms with Gasteiger partial charge in [-0.3, -0.25) is 4.98 Å². The van der Waals surface area contributed by atoms with Crippen molar-refractivity contribution in [3.8, 4) is 17.0 Å². The lowest BCUT2D eigenvalue weighted by atomic mass is 10.1. The van der Waals surface area contributed by atoms with E-state index in [0.29, 0.717) is 0 Å². The molecule has 0 N–H and O–H groups in total. The van der Waals surface area contributed by atoms with Gasteiger partial charge in [0.15, 0.2) is 0 Å². The van der Waals surface area contributed by atoms with Crippen LogP contribution in [0, 0.1) is 0 Å². The third-order valence-corrected chi connectivity index (χ3v) is 5.39. The topological polar surface area (TPSA) is 31.4 Å². The first-order chi connectivity index (χ1) is 14.8. The molecule has 0 unspecified atom stereocenters. The molecule has 2 rings (SSSR count). The number of unbranched alkanes of at least 4 members (excludes halogenated alkanes) is 7. The predicted octanol–water partition coefficient (Wildman–Crippen LogP) is 7.63. The van der Waals surface area contributed by atoms with Crippen molar-refractivity contribution in [2.75, 3.05) is 19.8 Å². The Balaban J connectivity index is 1.65. The molecule has 30 heavy (non-hydrogen) atoms. The highest BCUT2D eigenvalue weighted by Gasteiger charge is 2.02. The fourth-order valence-corrected chi connectivity index (χ4v) is 3.47. The second-order valence-corrected chi connectivity index (χ2v) is 8.12. The third-order valence-electron chi connectivity index (χ3n) is 5.39. The number of rotatable bonds is 17. The molecule has 0 aliphatic rings. The van der Waals surface area contributed by atoms with E-state index in [-0.39, 0.29) is 0 Å². The van der Waals surface area contributed by atoms with E-state index in [2.05, 4.69) is 55.2 Å². The number of hydrogen-bond donors (Lipinski definition) is 0. The molecule has 0 saturated carbocycles. The maximum Gasteiger partial charge on any atom is 0.119 e. The second kappa shape index (κ2) is 15.9. The largest absolute Gasteiger partial charge is 0.494 e. The van der Waals surface area contributed by atoms with Crippen molar-refractivity contribution in [1.29, 1.82) is 0 Å². The average Bonchev–Trinajstić information content (AvgIpc) is 2.79. The van der Waals surface area contributed by atoms with Crippen LogP contribution >= 0.6 is 0 Å². The number of aryl methyl sites for hydroxylation is 1. The summed E-state index contributed by atoms with van der Waals surface area (Å²) in [5.74, 6) is 0.947. The number of hydrogen-bond acceptors (Lipinski definition) is 3. The van der Waals surface area contributed by atoms with Gasteiger partial charge in [0.2, 0.25) is 0 Å². The molecular weight excluding hydrogens is 370 g/mol. The van der Waals surface area contributed by atoms with Crippen molar-refractivity contribution in [3.05, 3.63) is 48.2 Å². The van der Waals surface area contributed by atoms with Crippen molar-refractivity contribution < 1.29 is 9.47 Å². The van der Waals surface area contributed by atoms with Crippen molar-refractivity contribution >= 4 is 0 Å². The van der Waals surface area contributed by atoms with Crippen LogP contribution in [0.4, 0.5) is 0 Å². The van der Waals surface area contributed by atoms with Crippen LogP contribution in [-0.4, -0.2) is 24.8 Å². The summed E-state index contributed by atoms with van der Waals surface area (Å²) in [5, 5.41) is 0. The van der Waals surface area contributed by atoms with Gasteiger partial charge in [0.25, 0.3) is 0 Å². The molecule has 0 radical (unpaired) electrons. The van der Waals surface area contributed by atoms with Gasteiger partial charge in [-0.1, -0.05) is 64.9 Å². The fraction of sp³-hybridized carbons (Fsp3) is 0.593. The summed E-state index contributed by atoms with van der Waals surface area (Å²) in [4.78, 5) is 4.65. The molecule has 0 fully saturated rings. The minimum Gasteiger partial charge on any atom is -0.494 e. The zero-order valence-electron chi connectivity index (χ0n) is 19.2. The van der Waals surface area contributed by atoms with Gasteiger partial charge in [-0.2, -0.15) is 0 Å². The number of benzene rings is 1. The number of nitrogens with zero attached hydrogens (tertiary/aromatic N) is 1. The molecule has 0 saturated heterocycles. The number of aromatic nitrogens is 1. The molecular formula is C27H41NO2. The van der Waals surface area contributed by atoms with E-state index in [1.807, 2.05) is 6.20 Å². The van der Waals surface area contributed by atoms with E-state index in [9.17, 15) is 0 Å². The lowest BCUT2D eigenvalue weighted by molar-refractivity contribution is 0.128. The summed E-state index contributed by atoms with van der Waals surface area (Å²) in [7, 11) is 0. The summed E-state index contributed by atoms with van der Waals surface area (Å²) in [6.45, 7) is 7.01. The normalized spacial score (nSPS) is 11.0. The van der Waals surface area contributed by atoms with Crippen LogP contribution in [-0.2, 0) is 11.2 Å². The van der Waals surface area contributed by atoms with Crippen LogP contribution in [0.3, 0.4) is 0 Å². The summed E-state index contributed by atoms with van der Waals surface area (Å²) in [6.07, 6.45) is 15.5. The predicted molar refractivity (Wildman–Crippen MR) is 127 cm³/mol. The highest BCUT2D eigenvalue weighted by atomic mass is 16.5. The van der Waals surface area contributed by atoms with Crippen LogP contribution < -0.4 is 4.74 Å². The molecule has 166 valence electrons. The first kappa shape index (κ1) is 24.4. The Kier molecular flexibility index (Phi) is 12.9. The summed E-state index contributed by atoms with van der Waals surface area (Å²) < 4.78 is 11.6.